The van der Waals surface area contributed by atoms with E-state index in [9.17, 15) is 4.79 Å². The molecule has 2 unspecified atom stereocenters. The van der Waals surface area contributed by atoms with Crippen LogP contribution < -0.4 is 0 Å². The Kier molecular flexibility index (Phi) is 4.13. The summed E-state index contributed by atoms with van der Waals surface area (Å²) in [4.78, 5) is 20.1. The third-order valence-electron chi connectivity index (χ3n) is 3.63. The van der Waals surface area contributed by atoms with Crippen LogP contribution in [0.15, 0.2) is 24.5 Å². The molecule has 5 heteroatoms. The van der Waals surface area contributed by atoms with Crippen molar-refractivity contribution >= 4 is 5.91 Å². The van der Waals surface area contributed by atoms with Crippen molar-refractivity contribution in [2.45, 2.75) is 32.0 Å². The van der Waals surface area contributed by atoms with Crippen LogP contribution >= 0.6 is 0 Å². The molecule has 1 saturated heterocycles. The zero-order chi connectivity index (χ0) is 13.8. The van der Waals surface area contributed by atoms with Crippen LogP contribution in [0.1, 0.15) is 18.9 Å². The standard InChI is InChI=1S/C14H18N4O/c1-11-9-18(10-12-4-3-7-16-8-12)13(5-6-15)14(19)17(11)2/h3-4,7-8,11,13H,5,9-10H2,1-2H3. The van der Waals surface area contributed by atoms with E-state index in [1.807, 2.05) is 19.1 Å². The van der Waals surface area contributed by atoms with Gasteiger partial charge in [-0.15, -0.1) is 0 Å². The Morgan fingerprint density at radius 1 is 1.58 bits per heavy atom. The molecule has 2 atom stereocenters. The van der Waals surface area contributed by atoms with Crippen LogP contribution in [0.5, 0.6) is 0 Å². The lowest BCUT2D eigenvalue weighted by Gasteiger charge is -2.42. The number of carbonyl (C=O) groups excluding carboxylic acids is 1. The lowest BCUT2D eigenvalue weighted by molar-refractivity contribution is -0.143. The van der Waals surface area contributed by atoms with E-state index in [4.69, 9.17) is 5.26 Å². The van der Waals surface area contributed by atoms with Gasteiger partial charge in [0.25, 0.3) is 0 Å². The molecule has 0 radical (unpaired) electrons. The second kappa shape index (κ2) is 5.81. The van der Waals surface area contributed by atoms with Gasteiger partial charge in [0.1, 0.15) is 6.04 Å². The number of hydrogen-bond donors (Lipinski definition) is 0. The monoisotopic (exact) mass is 258 g/mol. The maximum absolute atomic E-state index is 12.2. The van der Waals surface area contributed by atoms with Gasteiger partial charge in [-0.25, -0.2) is 0 Å². The number of piperazine rings is 1. The van der Waals surface area contributed by atoms with E-state index in [0.29, 0.717) is 6.54 Å². The molecule has 5 nitrogen and oxygen atoms in total. The number of amides is 1. The first-order valence-corrected chi connectivity index (χ1v) is 6.40. The predicted molar refractivity (Wildman–Crippen MR) is 70.9 cm³/mol. The summed E-state index contributed by atoms with van der Waals surface area (Å²) in [6.07, 6.45) is 3.76. The Morgan fingerprint density at radius 3 is 3.00 bits per heavy atom. The molecule has 0 aliphatic carbocycles. The summed E-state index contributed by atoms with van der Waals surface area (Å²) < 4.78 is 0. The van der Waals surface area contributed by atoms with E-state index >= 15 is 0 Å². The highest BCUT2D eigenvalue weighted by Gasteiger charge is 2.36. The van der Waals surface area contributed by atoms with Gasteiger partial charge < -0.3 is 4.90 Å². The molecule has 1 fully saturated rings. The Hall–Kier alpha value is -1.93. The van der Waals surface area contributed by atoms with E-state index in [-0.39, 0.29) is 24.4 Å². The minimum Gasteiger partial charge on any atom is -0.340 e. The molecule has 0 spiro atoms. The number of hydrogen-bond acceptors (Lipinski definition) is 4. The van der Waals surface area contributed by atoms with Gasteiger partial charge in [0, 0.05) is 38.6 Å². The summed E-state index contributed by atoms with van der Waals surface area (Å²) in [5.74, 6) is 0.0317. The summed E-state index contributed by atoms with van der Waals surface area (Å²) in [6, 6.07) is 5.81. The van der Waals surface area contributed by atoms with Gasteiger partial charge in [0.05, 0.1) is 12.5 Å². The number of nitriles is 1. The van der Waals surface area contributed by atoms with Crippen LogP contribution in [0.25, 0.3) is 0 Å². The summed E-state index contributed by atoms with van der Waals surface area (Å²) in [5.41, 5.74) is 1.06. The average molecular weight is 258 g/mol. The molecular formula is C14H18N4O. The molecule has 19 heavy (non-hydrogen) atoms. The lowest BCUT2D eigenvalue weighted by atomic mass is 10.0. The molecular weight excluding hydrogens is 240 g/mol. The molecule has 0 saturated carbocycles. The number of nitrogens with zero attached hydrogens (tertiary/aromatic N) is 4. The molecule has 2 rings (SSSR count). The average Bonchev–Trinajstić information content (AvgIpc) is 2.42. The summed E-state index contributed by atoms with van der Waals surface area (Å²) in [7, 11) is 1.80. The lowest BCUT2D eigenvalue weighted by Crippen LogP contribution is -2.59. The fraction of sp³-hybridized carbons (Fsp3) is 0.500. The van der Waals surface area contributed by atoms with Crippen LogP contribution in [0.4, 0.5) is 0 Å². The Bertz CT molecular complexity index is 482. The van der Waals surface area contributed by atoms with Gasteiger partial charge in [-0.2, -0.15) is 5.26 Å². The third-order valence-corrected chi connectivity index (χ3v) is 3.63. The van der Waals surface area contributed by atoms with E-state index in [1.165, 1.54) is 0 Å². The van der Waals surface area contributed by atoms with E-state index in [2.05, 4.69) is 16.0 Å². The van der Waals surface area contributed by atoms with E-state index in [1.54, 1.807) is 24.3 Å². The quantitative estimate of drug-likeness (QED) is 0.812. The smallest absolute Gasteiger partial charge is 0.241 e. The third kappa shape index (κ3) is 2.91. The van der Waals surface area contributed by atoms with E-state index < -0.39 is 0 Å². The largest absolute Gasteiger partial charge is 0.340 e. The number of aromatic nitrogens is 1. The van der Waals surface area contributed by atoms with Gasteiger partial charge in [0.15, 0.2) is 0 Å². The van der Waals surface area contributed by atoms with Gasteiger partial charge in [-0.1, -0.05) is 6.07 Å². The Labute approximate surface area is 113 Å². The molecule has 0 aromatic carbocycles. The highest BCUT2D eigenvalue weighted by molar-refractivity contribution is 5.83. The fourth-order valence-electron chi connectivity index (χ4n) is 2.40. The van der Waals surface area contributed by atoms with E-state index in [0.717, 1.165) is 12.1 Å². The topological polar surface area (TPSA) is 60.2 Å². The first kappa shape index (κ1) is 13.5. The SMILES string of the molecule is CC1CN(Cc2cccnc2)C(CC#N)C(=O)N1C. The van der Waals surface area contributed by atoms with Crippen LogP contribution in [-0.4, -0.2) is 46.4 Å². The van der Waals surface area contributed by atoms with Crippen LogP contribution in [0.2, 0.25) is 0 Å². The minimum absolute atomic E-state index is 0.0317. The maximum Gasteiger partial charge on any atom is 0.241 e. The predicted octanol–water partition coefficient (Wildman–Crippen LogP) is 1.03. The summed E-state index contributed by atoms with van der Waals surface area (Å²) in [5, 5.41) is 8.91. The normalized spacial score (nSPS) is 24.3. The van der Waals surface area contributed by atoms with Gasteiger partial charge in [-0.3, -0.25) is 14.7 Å². The van der Waals surface area contributed by atoms with Gasteiger partial charge in [-0.05, 0) is 18.6 Å². The van der Waals surface area contributed by atoms with Crippen LogP contribution in [0, 0.1) is 11.3 Å². The minimum atomic E-state index is -0.341. The van der Waals surface area contributed by atoms with Crippen molar-refractivity contribution < 1.29 is 4.79 Å². The summed E-state index contributed by atoms with van der Waals surface area (Å²) in [6.45, 7) is 3.46. The second-order valence-corrected chi connectivity index (χ2v) is 4.97. The highest BCUT2D eigenvalue weighted by atomic mass is 16.2. The molecule has 0 bridgehead atoms. The fourth-order valence-corrected chi connectivity index (χ4v) is 2.40. The van der Waals surface area contributed by atoms with Crippen molar-refractivity contribution in [3.8, 4) is 6.07 Å². The second-order valence-electron chi connectivity index (χ2n) is 4.97. The Balaban J connectivity index is 2.16. The molecule has 100 valence electrons. The molecule has 1 aliphatic rings. The first-order valence-electron chi connectivity index (χ1n) is 6.40. The number of carbonyl (C=O) groups is 1. The van der Waals surface area contributed by atoms with Crippen LogP contribution in [-0.2, 0) is 11.3 Å². The molecule has 1 amide bonds. The molecule has 1 aromatic rings. The van der Waals surface area contributed by atoms with Crippen molar-refractivity contribution in [2.24, 2.45) is 0 Å². The van der Waals surface area contributed by atoms with Gasteiger partial charge >= 0.3 is 0 Å². The maximum atomic E-state index is 12.2. The van der Waals surface area contributed by atoms with Gasteiger partial charge in [0.2, 0.25) is 5.91 Å². The molecule has 0 N–H and O–H groups in total. The first-order chi connectivity index (χ1) is 9.13. The van der Waals surface area contributed by atoms with Crippen LogP contribution in [0.3, 0.4) is 0 Å². The molecule has 2 heterocycles. The van der Waals surface area contributed by atoms with Crippen molar-refractivity contribution in [3.05, 3.63) is 30.1 Å². The zero-order valence-corrected chi connectivity index (χ0v) is 11.3. The molecule has 1 aliphatic heterocycles. The number of rotatable bonds is 3. The summed E-state index contributed by atoms with van der Waals surface area (Å²) >= 11 is 0. The highest BCUT2D eigenvalue weighted by Crippen LogP contribution is 2.19. The zero-order valence-electron chi connectivity index (χ0n) is 11.3. The van der Waals surface area contributed by atoms with Crippen molar-refractivity contribution in [1.82, 2.24) is 14.8 Å². The Morgan fingerprint density at radius 2 is 2.37 bits per heavy atom. The molecule has 1 aromatic heterocycles. The van der Waals surface area contributed by atoms with Crippen molar-refractivity contribution in [1.29, 1.82) is 5.26 Å². The number of pyridine rings is 1. The van der Waals surface area contributed by atoms with Crippen molar-refractivity contribution in [3.63, 3.8) is 0 Å². The number of likely N-dealkylation sites (N-methyl/N-ethyl adjacent to an activating group) is 1. The van der Waals surface area contributed by atoms with Crippen molar-refractivity contribution in [2.75, 3.05) is 13.6 Å².